The van der Waals surface area contributed by atoms with Gasteiger partial charge in [-0.3, -0.25) is 9.59 Å². The molecule has 1 fully saturated rings. The normalized spacial score (nSPS) is 15.6. The Hall–Kier alpha value is -1.84. The molecule has 0 unspecified atom stereocenters. The molecule has 1 saturated heterocycles. The summed E-state index contributed by atoms with van der Waals surface area (Å²) < 4.78 is 5.47. The van der Waals surface area contributed by atoms with Gasteiger partial charge in [-0.25, -0.2) is 0 Å². The highest BCUT2D eigenvalue weighted by Crippen LogP contribution is 2.10. The number of carbonyl (C=O) groups excluding carboxylic acids is 2. The van der Waals surface area contributed by atoms with Crippen LogP contribution in [0.15, 0.2) is 30.3 Å². The standard InChI is InChI=1S/C14H17NO3/c16-12-6-9-15(10-7-12)14(17)8-11-18-13-4-2-1-3-5-13/h1-5H,6-11H2. The maximum atomic E-state index is 11.8. The minimum Gasteiger partial charge on any atom is -0.493 e. The van der Waals surface area contributed by atoms with Crippen LogP contribution in [0.1, 0.15) is 19.3 Å². The van der Waals surface area contributed by atoms with Crippen LogP contribution in [0.2, 0.25) is 0 Å². The Balaban J connectivity index is 1.70. The fraction of sp³-hybridized carbons (Fsp3) is 0.429. The predicted molar refractivity (Wildman–Crippen MR) is 67.4 cm³/mol. The van der Waals surface area contributed by atoms with Gasteiger partial charge in [0.15, 0.2) is 0 Å². The number of Topliss-reactive ketones (excluding diaryl/α,β-unsaturated/α-hetero) is 1. The van der Waals surface area contributed by atoms with Crippen molar-refractivity contribution in [2.75, 3.05) is 19.7 Å². The molecule has 2 rings (SSSR count). The number of piperidine rings is 1. The summed E-state index contributed by atoms with van der Waals surface area (Å²) in [6.07, 6.45) is 1.35. The predicted octanol–water partition coefficient (Wildman–Crippen LogP) is 1.65. The molecule has 0 atom stereocenters. The number of carbonyl (C=O) groups is 2. The molecule has 0 N–H and O–H groups in total. The zero-order valence-electron chi connectivity index (χ0n) is 10.3. The lowest BCUT2D eigenvalue weighted by Crippen LogP contribution is -2.39. The Morgan fingerprint density at radius 3 is 2.50 bits per heavy atom. The number of nitrogens with zero attached hydrogens (tertiary/aromatic N) is 1. The van der Waals surface area contributed by atoms with Crippen molar-refractivity contribution in [2.24, 2.45) is 0 Å². The molecule has 4 heteroatoms. The van der Waals surface area contributed by atoms with Crippen molar-refractivity contribution in [3.05, 3.63) is 30.3 Å². The summed E-state index contributed by atoms with van der Waals surface area (Å²) >= 11 is 0. The van der Waals surface area contributed by atoms with Crippen LogP contribution in [0.3, 0.4) is 0 Å². The van der Waals surface area contributed by atoms with Crippen LogP contribution in [0.4, 0.5) is 0 Å². The number of ketones is 1. The molecule has 1 aromatic rings. The molecule has 0 spiro atoms. The summed E-state index contributed by atoms with van der Waals surface area (Å²) in [5, 5.41) is 0. The van der Waals surface area contributed by atoms with Crippen molar-refractivity contribution in [1.82, 2.24) is 4.90 Å². The number of rotatable bonds is 4. The van der Waals surface area contributed by atoms with Crippen molar-refractivity contribution in [1.29, 1.82) is 0 Å². The van der Waals surface area contributed by atoms with E-state index < -0.39 is 0 Å². The van der Waals surface area contributed by atoms with Crippen molar-refractivity contribution in [3.8, 4) is 5.75 Å². The number of amides is 1. The first-order chi connectivity index (χ1) is 8.75. The summed E-state index contributed by atoms with van der Waals surface area (Å²) in [6, 6.07) is 9.44. The van der Waals surface area contributed by atoms with E-state index in [0.29, 0.717) is 39.0 Å². The van der Waals surface area contributed by atoms with E-state index in [1.807, 2.05) is 30.3 Å². The third-order valence-electron chi connectivity index (χ3n) is 3.00. The number of para-hydroxylation sites is 1. The van der Waals surface area contributed by atoms with Crippen LogP contribution < -0.4 is 4.74 Å². The second kappa shape index (κ2) is 6.19. The Kier molecular flexibility index (Phi) is 4.34. The van der Waals surface area contributed by atoms with Crippen LogP contribution in [0, 0.1) is 0 Å². The van der Waals surface area contributed by atoms with Gasteiger partial charge in [0.25, 0.3) is 0 Å². The second-order valence-electron chi connectivity index (χ2n) is 4.33. The van der Waals surface area contributed by atoms with E-state index in [1.165, 1.54) is 0 Å². The molecule has 96 valence electrons. The van der Waals surface area contributed by atoms with Gasteiger partial charge in [-0.05, 0) is 12.1 Å². The zero-order valence-corrected chi connectivity index (χ0v) is 10.3. The quantitative estimate of drug-likeness (QED) is 0.812. The minimum atomic E-state index is 0.0680. The molecule has 0 saturated carbocycles. The first-order valence-electron chi connectivity index (χ1n) is 6.23. The number of hydrogen-bond donors (Lipinski definition) is 0. The fourth-order valence-electron chi connectivity index (χ4n) is 1.94. The molecular formula is C14H17NO3. The highest BCUT2D eigenvalue weighted by molar-refractivity contribution is 5.83. The number of ether oxygens (including phenoxy) is 1. The van der Waals surface area contributed by atoms with Gasteiger partial charge in [0.2, 0.25) is 5.91 Å². The van der Waals surface area contributed by atoms with Crippen molar-refractivity contribution < 1.29 is 14.3 Å². The average Bonchev–Trinajstić information content (AvgIpc) is 2.40. The van der Waals surface area contributed by atoms with E-state index in [-0.39, 0.29) is 11.7 Å². The lowest BCUT2D eigenvalue weighted by molar-refractivity contribution is -0.134. The Morgan fingerprint density at radius 1 is 1.17 bits per heavy atom. The van der Waals surface area contributed by atoms with Gasteiger partial charge in [-0.15, -0.1) is 0 Å². The molecule has 1 aromatic carbocycles. The lowest BCUT2D eigenvalue weighted by Gasteiger charge is -2.26. The summed E-state index contributed by atoms with van der Waals surface area (Å²) in [4.78, 5) is 24.6. The molecule has 0 aromatic heterocycles. The highest BCUT2D eigenvalue weighted by atomic mass is 16.5. The molecule has 0 bridgehead atoms. The van der Waals surface area contributed by atoms with Gasteiger partial charge in [0.05, 0.1) is 13.0 Å². The molecular weight excluding hydrogens is 230 g/mol. The molecule has 1 amide bonds. The topological polar surface area (TPSA) is 46.6 Å². The molecule has 1 aliphatic heterocycles. The summed E-state index contributed by atoms with van der Waals surface area (Å²) in [6.45, 7) is 1.50. The van der Waals surface area contributed by atoms with E-state index in [9.17, 15) is 9.59 Å². The highest BCUT2D eigenvalue weighted by Gasteiger charge is 2.20. The third kappa shape index (κ3) is 3.58. The van der Waals surface area contributed by atoms with E-state index >= 15 is 0 Å². The van der Waals surface area contributed by atoms with Gasteiger partial charge >= 0.3 is 0 Å². The van der Waals surface area contributed by atoms with Crippen molar-refractivity contribution in [2.45, 2.75) is 19.3 Å². The van der Waals surface area contributed by atoms with E-state index in [2.05, 4.69) is 0 Å². The first kappa shape index (κ1) is 12.6. The SMILES string of the molecule is O=C1CCN(C(=O)CCOc2ccccc2)CC1. The number of benzene rings is 1. The lowest BCUT2D eigenvalue weighted by atomic mass is 10.1. The van der Waals surface area contributed by atoms with Gasteiger partial charge in [0, 0.05) is 25.9 Å². The summed E-state index contributed by atoms with van der Waals surface area (Å²) in [7, 11) is 0. The Labute approximate surface area is 107 Å². The molecule has 0 aliphatic carbocycles. The monoisotopic (exact) mass is 247 g/mol. The largest absolute Gasteiger partial charge is 0.493 e. The van der Waals surface area contributed by atoms with E-state index in [4.69, 9.17) is 4.74 Å². The molecule has 1 heterocycles. The van der Waals surface area contributed by atoms with Gasteiger partial charge in [0.1, 0.15) is 11.5 Å². The number of likely N-dealkylation sites (tertiary alicyclic amines) is 1. The third-order valence-corrected chi connectivity index (χ3v) is 3.00. The van der Waals surface area contributed by atoms with Crippen LogP contribution in [0.5, 0.6) is 5.75 Å². The molecule has 1 aliphatic rings. The van der Waals surface area contributed by atoms with Gasteiger partial charge in [-0.2, -0.15) is 0 Å². The summed E-state index contributed by atoms with van der Waals surface area (Å²) in [5.41, 5.74) is 0. The van der Waals surface area contributed by atoms with Crippen molar-refractivity contribution in [3.63, 3.8) is 0 Å². The second-order valence-corrected chi connectivity index (χ2v) is 4.33. The van der Waals surface area contributed by atoms with Crippen LogP contribution in [0.25, 0.3) is 0 Å². The smallest absolute Gasteiger partial charge is 0.226 e. The minimum absolute atomic E-state index is 0.0680. The van der Waals surface area contributed by atoms with Crippen LogP contribution >= 0.6 is 0 Å². The van der Waals surface area contributed by atoms with Crippen LogP contribution in [-0.4, -0.2) is 36.3 Å². The van der Waals surface area contributed by atoms with Crippen LogP contribution in [-0.2, 0) is 9.59 Å². The number of hydrogen-bond acceptors (Lipinski definition) is 3. The van der Waals surface area contributed by atoms with E-state index in [1.54, 1.807) is 4.90 Å². The maximum Gasteiger partial charge on any atom is 0.226 e. The van der Waals surface area contributed by atoms with Gasteiger partial charge < -0.3 is 9.64 Å². The van der Waals surface area contributed by atoms with Crippen molar-refractivity contribution >= 4 is 11.7 Å². The fourth-order valence-corrected chi connectivity index (χ4v) is 1.94. The first-order valence-corrected chi connectivity index (χ1v) is 6.23. The Morgan fingerprint density at radius 2 is 1.83 bits per heavy atom. The zero-order chi connectivity index (χ0) is 12.8. The summed E-state index contributed by atoms with van der Waals surface area (Å²) in [5.74, 6) is 1.09. The van der Waals surface area contributed by atoms with E-state index in [0.717, 1.165) is 5.75 Å². The van der Waals surface area contributed by atoms with Gasteiger partial charge in [-0.1, -0.05) is 18.2 Å². The molecule has 18 heavy (non-hydrogen) atoms. The molecule has 4 nitrogen and oxygen atoms in total. The molecule has 0 radical (unpaired) electrons. The maximum absolute atomic E-state index is 11.8. The Bertz CT molecular complexity index is 406. The average molecular weight is 247 g/mol.